The van der Waals surface area contributed by atoms with E-state index in [4.69, 9.17) is 11.6 Å². The molecule has 0 aliphatic heterocycles. The van der Waals surface area contributed by atoms with Gasteiger partial charge in [0.2, 0.25) is 0 Å². The first-order valence-corrected chi connectivity index (χ1v) is 6.77. The summed E-state index contributed by atoms with van der Waals surface area (Å²) in [5.74, 6) is -0.987. The molecule has 1 N–H and O–H groups in total. The third-order valence-corrected chi connectivity index (χ3v) is 3.59. The molecule has 0 saturated heterocycles. The van der Waals surface area contributed by atoms with Gasteiger partial charge >= 0.3 is 5.97 Å². The second-order valence-electron chi connectivity index (χ2n) is 4.52. The van der Waals surface area contributed by atoms with Gasteiger partial charge in [0.25, 0.3) is 0 Å². The van der Waals surface area contributed by atoms with Crippen molar-refractivity contribution in [2.24, 2.45) is 0 Å². The quantitative estimate of drug-likeness (QED) is 0.908. The molecule has 0 spiro atoms. The number of benzene rings is 2. The third kappa shape index (κ3) is 2.78. The minimum atomic E-state index is -0.987. The largest absolute Gasteiger partial charge is 0.478 e. The van der Waals surface area contributed by atoms with Crippen molar-refractivity contribution in [3.8, 4) is 0 Å². The van der Waals surface area contributed by atoms with Gasteiger partial charge in [-0.2, -0.15) is 0 Å². The molecule has 2 aromatic rings. The Bertz CT molecular complexity index is 623. The molecule has 104 valence electrons. The summed E-state index contributed by atoms with van der Waals surface area (Å²) < 4.78 is 0. The van der Waals surface area contributed by atoms with Crippen molar-refractivity contribution >= 4 is 28.9 Å². The van der Waals surface area contributed by atoms with Crippen molar-refractivity contribution in [1.29, 1.82) is 0 Å². The van der Waals surface area contributed by atoms with Crippen LogP contribution in [0.25, 0.3) is 0 Å². The number of nitrogens with zero attached hydrogens (tertiary/aromatic N) is 1. The summed E-state index contributed by atoms with van der Waals surface area (Å²) in [5, 5.41) is 9.71. The van der Waals surface area contributed by atoms with E-state index in [1.165, 1.54) is 5.56 Å². The lowest BCUT2D eigenvalue weighted by Gasteiger charge is -2.22. The standard InChI is InChI=1S/C16H16ClNO2/c1-3-11-7-9-12(10-8-11)18(2)15-13(16(19)20)5-4-6-14(15)17/h4-10H,3H2,1-2H3,(H,19,20). The van der Waals surface area contributed by atoms with Gasteiger partial charge in [0.15, 0.2) is 0 Å². The van der Waals surface area contributed by atoms with Crippen LogP contribution in [0.1, 0.15) is 22.8 Å². The molecular weight excluding hydrogens is 274 g/mol. The maximum Gasteiger partial charge on any atom is 0.337 e. The van der Waals surface area contributed by atoms with Gasteiger partial charge in [0, 0.05) is 12.7 Å². The summed E-state index contributed by atoms with van der Waals surface area (Å²) >= 11 is 6.17. The number of para-hydroxylation sites is 1. The summed E-state index contributed by atoms with van der Waals surface area (Å²) in [4.78, 5) is 13.1. The van der Waals surface area contributed by atoms with Crippen LogP contribution in [0.3, 0.4) is 0 Å². The van der Waals surface area contributed by atoms with E-state index in [0.29, 0.717) is 10.7 Å². The molecule has 0 bridgehead atoms. The Hall–Kier alpha value is -2.00. The normalized spacial score (nSPS) is 10.3. The summed E-state index contributed by atoms with van der Waals surface area (Å²) in [6.07, 6.45) is 0.969. The second kappa shape index (κ2) is 5.97. The predicted octanol–water partition coefficient (Wildman–Crippen LogP) is 4.37. The Morgan fingerprint density at radius 2 is 1.85 bits per heavy atom. The van der Waals surface area contributed by atoms with Gasteiger partial charge in [-0.1, -0.05) is 36.7 Å². The van der Waals surface area contributed by atoms with Crippen LogP contribution in [-0.2, 0) is 6.42 Å². The maximum absolute atomic E-state index is 11.3. The summed E-state index contributed by atoms with van der Waals surface area (Å²) in [6, 6.07) is 12.9. The molecule has 3 nitrogen and oxygen atoms in total. The molecule has 0 atom stereocenters. The number of carboxylic acid groups (broad SMARTS) is 1. The van der Waals surface area contributed by atoms with Gasteiger partial charge in [0.05, 0.1) is 16.3 Å². The molecule has 20 heavy (non-hydrogen) atoms. The molecule has 0 unspecified atom stereocenters. The molecule has 0 fully saturated rings. The van der Waals surface area contributed by atoms with Gasteiger partial charge in [0.1, 0.15) is 0 Å². The molecule has 0 aliphatic rings. The van der Waals surface area contributed by atoms with Crippen LogP contribution in [-0.4, -0.2) is 18.1 Å². The molecule has 0 saturated carbocycles. The fourth-order valence-electron chi connectivity index (χ4n) is 2.11. The van der Waals surface area contributed by atoms with E-state index >= 15 is 0 Å². The average Bonchev–Trinajstić information content (AvgIpc) is 2.46. The maximum atomic E-state index is 11.3. The van der Waals surface area contributed by atoms with Crippen LogP contribution in [0.4, 0.5) is 11.4 Å². The van der Waals surface area contributed by atoms with Gasteiger partial charge in [-0.15, -0.1) is 0 Å². The Labute approximate surface area is 123 Å². The van der Waals surface area contributed by atoms with Gasteiger partial charge in [-0.3, -0.25) is 0 Å². The number of carbonyl (C=O) groups is 1. The van der Waals surface area contributed by atoms with Crippen molar-refractivity contribution in [2.45, 2.75) is 13.3 Å². The molecule has 2 aromatic carbocycles. The zero-order chi connectivity index (χ0) is 14.7. The number of hydrogen-bond acceptors (Lipinski definition) is 2. The smallest absolute Gasteiger partial charge is 0.337 e. The number of hydrogen-bond donors (Lipinski definition) is 1. The summed E-state index contributed by atoms with van der Waals surface area (Å²) in [6.45, 7) is 2.09. The van der Waals surface area contributed by atoms with E-state index in [0.717, 1.165) is 12.1 Å². The number of aryl methyl sites for hydroxylation is 1. The summed E-state index contributed by atoms with van der Waals surface area (Å²) in [7, 11) is 1.81. The van der Waals surface area contributed by atoms with E-state index in [-0.39, 0.29) is 5.56 Å². The zero-order valence-electron chi connectivity index (χ0n) is 11.4. The molecule has 2 rings (SSSR count). The van der Waals surface area contributed by atoms with Crippen molar-refractivity contribution in [2.75, 3.05) is 11.9 Å². The van der Waals surface area contributed by atoms with Crippen molar-refractivity contribution in [1.82, 2.24) is 0 Å². The zero-order valence-corrected chi connectivity index (χ0v) is 12.2. The Morgan fingerprint density at radius 1 is 1.20 bits per heavy atom. The first-order valence-electron chi connectivity index (χ1n) is 6.39. The first kappa shape index (κ1) is 14.4. The van der Waals surface area contributed by atoms with Crippen molar-refractivity contribution in [3.63, 3.8) is 0 Å². The molecule has 4 heteroatoms. The Morgan fingerprint density at radius 3 is 2.40 bits per heavy atom. The Kier molecular flexibility index (Phi) is 4.30. The highest BCUT2D eigenvalue weighted by atomic mass is 35.5. The summed E-state index contributed by atoms with van der Waals surface area (Å²) in [5.41, 5.74) is 2.84. The first-order chi connectivity index (χ1) is 9.54. The third-order valence-electron chi connectivity index (χ3n) is 3.28. The molecular formula is C16H16ClNO2. The topological polar surface area (TPSA) is 40.5 Å². The van der Waals surface area contributed by atoms with E-state index in [2.05, 4.69) is 6.92 Å². The lowest BCUT2D eigenvalue weighted by Crippen LogP contribution is -2.14. The van der Waals surface area contributed by atoms with E-state index < -0.39 is 5.97 Å². The van der Waals surface area contributed by atoms with Gasteiger partial charge in [-0.05, 0) is 36.2 Å². The van der Waals surface area contributed by atoms with Crippen LogP contribution in [0.2, 0.25) is 5.02 Å². The monoisotopic (exact) mass is 289 g/mol. The number of anilines is 2. The van der Waals surface area contributed by atoms with Crippen LogP contribution in [0.5, 0.6) is 0 Å². The number of aromatic carboxylic acids is 1. The van der Waals surface area contributed by atoms with Crippen LogP contribution >= 0.6 is 11.6 Å². The van der Waals surface area contributed by atoms with Gasteiger partial charge in [-0.25, -0.2) is 4.79 Å². The van der Waals surface area contributed by atoms with Crippen LogP contribution in [0, 0.1) is 0 Å². The molecule has 0 heterocycles. The Balaban J connectivity index is 2.46. The fraction of sp³-hybridized carbons (Fsp3) is 0.188. The predicted molar refractivity (Wildman–Crippen MR) is 82.3 cm³/mol. The lowest BCUT2D eigenvalue weighted by molar-refractivity contribution is 0.0697. The van der Waals surface area contributed by atoms with Crippen LogP contribution < -0.4 is 4.90 Å². The molecule has 0 radical (unpaired) electrons. The van der Waals surface area contributed by atoms with E-state index in [9.17, 15) is 9.90 Å². The molecule has 0 aliphatic carbocycles. The molecule has 0 amide bonds. The van der Waals surface area contributed by atoms with Gasteiger partial charge < -0.3 is 10.0 Å². The minimum absolute atomic E-state index is 0.194. The van der Waals surface area contributed by atoms with Crippen molar-refractivity contribution < 1.29 is 9.90 Å². The number of halogens is 1. The van der Waals surface area contributed by atoms with Crippen molar-refractivity contribution in [3.05, 3.63) is 58.6 Å². The number of rotatable bonds is 4. The second-order valence-corrected chi connectivity index (χ2v) is 4.93. The van der Waals surface area contributed by atoms with E-state index in [1.807, 2.05) is 31.3 Å². The highest BCUT2D eigenvalue weighted by Gasteiger charge is 2.17. The fourth-order valence-corrected chi connectivity index (χ4v) is 2.41. The highest BCUT2D eigenvalue weighted by molar-refractivity contribution is 6.34. The minimum Gasteiger partial charge on any atom is -0.478 e. The van der Waals surface area contributed by atoms with Crippen LogP contribution in [0.15, 0.2) is 42.5 Å². The van der Waals surface area contributed by atoms with E-state index in [1.54, 1.807) is 23.1 Å². The highest BCUT2D eigenvalue weighted by Crippen LogP contribution is 2.34. The average molecular weight is 290 g/mol. The SMILES string of the molecule is CCc1ccc(N(C)c2c(Cl)cccc2C(=O)O)cc1. The molecule has 0 aromatic heterocycles. The number of carboxylic acids is 1. The lowest BCUT2D eigenvalue weighted by atomic mass is 10.1.